The van der Waals surface area contributed by atoms with Crippen LogP contribution in [0.25, 0.3) is 0 Å². The lowest BCUT2D eigenvalue weighted by Gasteiger charge is -2.30. The van der Waals surface area contributed by atoms with Crippen LogP contribution in [0.4, 0.5) is 5.69 Å². The lowest BCUT2D eigenvalue weighted by Crippen LogP contribution is -2.37. The van der Waals surface area contributed by atoms with Gasteiger partial charge in [-0.15, -0.1) is 24.8 Å². The Morgan fingerprint density at radius 3 is 2.58 bits per heavy atom. The molecule has 1 aromatic rings. The predicted molar refractivity (Wildman–Crippen MR) is 111 cm³/mol. The Labute approximate surface area is 169 Å². The largest absolute Gasteiger partial charge is 0.378 e. The molecule has 5 nitrogen and oxygen atoms in total. The standard InChI is InChI=1S/C19H29N3O2.2ClH/c23-19(6-5-16-7-9-20-10-8-16)21-15-17-3-1-2-4-18(17)22-11-13-24-14-12-22;;/h1-4,16,20H,5-15H2,(H,21,23);2*1H. The number of rotatable bonds is 6. The Morgan fingerprint density at radius 2 is 1.85 bits per heavy atom. The van der Waals surface area contributed by atoms with Gasteiger partial charge in [-0.25, -0.2) is 0 Å². The highest BCUT2D eigenvalue weighted by Crippen LogP contribution is 2.22. The van der Waals surface area contributed by atoms with E-state index in [-0.39, 0.29) is 30.7 Å². The summed E-state index contributed by atoms with van der Waals surface area (Å²) in [6.07, 6.45) is 4.06. The second-order valence-corrected chi connectivity index (χ2v) is 6.74. The van der Waals surface area contributed by atoms with Crippen molar-refractivity contribution in [3.05, 3.63) is 29.8 Å². The molecular weight excluding hydrogens is 373 g/mol. The average molecular weight is 404 g/mol. The number of nitrogens with one attached hydrogen (secondary N) is 2. The van der Waals surface area contributed by atoms with Crippen LogP contribution in [0.2, 0.25) is 0 Å². The molecule has 2 aliphatic rings. The van der Waals surface area contributed by atoms with E-state index in [9.17, 15) is 4.79 Å². The van der Waals surface area contributed by atoms with Crippen molar-refractivity contribution in [3.8, 4) is 0 Å². The van der Waals surface area contributed by atoms with Gasteiger partial charge in [0.05, 0.1) is 13.2 Å². The van der Waals surface area contributed by atoms with E-state index in [1.807, 2.05) is 6.07 Å². The van der Waals surface area contributed by atoms with E-state index < -0.39 is 0 Å². The minimum absolute atomic E-state index is 0. The number of carbonyl (C=O) groups excluding carboxylic acids is 1. The molecule has 0 aliphatic carbocycles. The molecule has 0 atom stereocenters. The Balaban J connectivity index is 0.00000169. The number of para-hydroxylation sites is 1. The summed E-state index contributed by atoms with van der Waals surface area (Å²) in [4.78, 5) is 14.5. The first-order chi connectivity index (χ1) is 11.8. The third-order valence-electron chi connectivity index (χ3n) is 5.06. The summed E-state index contributed by atoms with van der Waals surface area (Å²) in [7, 11) is 0. The van der Waals surface area contributed by atoms with E-state index in [4.69, 9.17) is 4.74 Å². The number of amides is 1. The molecule has 0 unspecified atom stereocenters. The highest BCUT2D eigenvalue weighted by molar-refractivity contribution is 5.85. The third-order valence-corrected chi connectivity index (χ3v) is 5.06. The summed E-state index contributed by atoms with van der Waals surface area (Å²) in [5.74, 6) is 0.878. The van der Waals surface area contributed by atoms with Gasteiger partial charge in [0, 0.05) is 31.7 Å². The molecule has 0 radical (unpaired) electrons. The van der Waals surface area contributed by atoms with Crippen LogP contribution in [-0.4, -0.2) is 45.3 Å². The number of benzene rings is 1. The van der Waals surface area contributed by atoms with Crippen LogP contribution < -0.4 is 15.5 Å². The summed E-state index contributed by atoms with van der Waals surface area (Å²) in [5, 5.41) is 6.48. The van der Waals surface area contributed by atoms with Crippen molar-refractivity contribution < 1.29 is 9.53 Å². The number of halogens is 2. The number of carbonyl (C=O) groups is 1. The third kappa shape index (κ3) is 6.95. The first-order valence-corrected chi connectivity index (χ1v) is 9.21. The number of hydrogen-bond donors (Lipinski definition) is 2. The van der Waals surface area contributed by atoms with Crippen LogP contribution >= 0.6 is 24.8 Å². The predicted octanol–water partition coefficient (Wildman–Crippen LogP) is 2.76. The highest BCUT2D eigenvalue weighted by Gasteiger charge is 2.16. The second kappa shape index (κ2) is 12.4. The van der Waals surface area contributed by atoms with Crippen LogP contribution in [0.3, 0.4) is 0 Å². The zero-order valence-electron chi connectivity index (χ0n) is 15.2. The molecule has 2 saturated heterocycles. The first-order valence-electron chi connectivity index (χ1n) is 9.21. The number of nitrogens with zero attached hydrogens (tertiary/aromatic N) is 1. The molecule has 148 valence electrons. The van der Waals surface area contributed by atoms with E-state index in [0.29, 0.717) is 18.9 Å². The van der Waals surface area contributed by atoms with Crippen LogP contribution in [-0.2, 0) is 16.1 Å². The maximum Gasteiger partial charge on any atom is 0.220 e. The van der Waals surface area contributed by atoms with E-state index in [0.717, 1.165) is 45.8 Å². The van der Waals surface area contributed by atoms with Crippen LogP contribution in [0, 0.1) is 5.92 Å². The maximum absolute atomic E-state index is 12.2. The number of piperidine rings is 1. The van der Waals surface area contributed by atoms with Crippen molar-refractivity contribution in [2.24, 2.45) is 5.92 Å². The molecule has 26 heavy (non-hydrogen) atoms. The molecule has 0 bridgehead atoms. The van der Waals surface area contributed by atoms with Gasteiger partial charge >= 0.3 is 0 Å². The lowest BCUT2D eigenvalue weighted by molar-refractivity contribution is -0.121. The summed E-state index contributed by atoms with van der Waals surface area (Å²) >= 11 is 0. The van der Waals surface area contributed by atoms with Gasteiger partial charge in [0.2, 0.25) is 5.91 Å². The molecule has 3 rings (SSSR count). The normalized spacial score (nSPS) is 17.8. The van der Waals surface area contributed by atoms with Crippen molar-refractivity contribution >= 4 is 36.4 Å². The minimum atomic E-state index is 0. The van der Waals surface area contributed by atoms with Gasteiger partial charge in [-0.1, -0.05) is 18.2 Å². The van der Waals surface area contributed by atoms with Crippen LogP contribution in [0.5, 0.6) is 0 Å². The van der Waals surface area contributed by atoms with Gasteiger partial charge in [0.15, 0.2) is 0 Å². The van der Waals surface area contributed by atoms with E-state index >= 15 is 0 Å². The van der Waals surface area contributed by atoms with Gasteiger partial charge in [0.1, 0.15) is 0 Å². The average Bonchev–Trinajstić information content (AvgIpc) is 2.66. The summed E-state index contributed by atoms with van der Waals surface area (Å²) in [5.41, 5.74) is 2.41. The molecule has 0 saturated carbocycles. The zero-order valence-corrected chi connectivity index (χ0v) is 16.9. The fraction of sp³-hybridized carbons (Fsp3) is 0.632. The van der Waals surface area contributed by atoms with Gasteiger partial charge in [-0.3, -0.25) is 4.79 Å². The van der Waals surface area contributed by atoms with Gasteiger partial charge in [0.25, 0.3) is 0 Å². The summed E-state index contributed by atoms with van der Waals surface area (Å²) in [6.45, 7) is 6.19. The molecule has 2 N–H and O–H groups in total. The molecule has 2 fully saturated rings. The van der Waals surface area contributed by atoms with Crippen LogP contribution in [0.15, 0.2) is 24.3 Å². The van der Waals surface area contributed by atoms with Crippen molar-refractivity contribution in [3.63, 3.8) is 0 Å². The second-order valence-electron chi connectivity index (χ2n) is 6.74. The smallest absolute Gasteiger partial charge is 0.220 e. The van der Waals surface area contributed by atoms with Crippen molar-refractivity contribution in [2.75, 3.05) is 44.3 Å². The Hall–Kier alpha value is -1.01. The highest BCUT2D eigenvalue weighted by atomic mass is 35.5. The number of hydrogen-bond acceptors (Lipinski definition) is 4. The summed E-state index contributed by atoms with van der Waals surface area (Å²) < 4.78 is 5.43. The zero-order chi connectivity index (χ0) is 16.6. The SMILES string of the molecule is Cl.Cl.O=C(CCC1CCNCC1)NCc1ccccc1N1CCOCC1. The molecule has 7 heteroatoms. The first kappa shape index (κ1) is 23.0. The molecule has 2 aliphatic heterocycles. The minimum Gasteiger partial charge on any atom is -0.378 e. The topological polar surface area (TPSA) is 53.6 Å². The molecule has 1 amide bonds. The van der Waals surface area contributed by atoms with Crippen molar-refractivity contribution in [1.29, 1.82) is 0 Å². The Kier molecular flexibility index (Phi) is 11.0. The Morgan fingerprint density at radius 1 is 1.15 bits per heavy atom. The Bertz CT molecular complexity index is 533. The van der Waals surface area contributed by atoms with Crippen molar-refractivity contribution in [1.82, 2.24) is 10.6 Å². The van der Waals surface area contributed by atoms with Gasteiger partial charge < -0.3 is 20.3 Å². The fourth-order valence-corrected chi connectivity index (χ4v) is 3.56. The fourth-order valence-electron chi connectivity index (χ4n) is 3.56. The molecule has 0 spiro atoms. The lowest BCUT2D eigenvalue weighted by atomic mass is 9.93. The molecular formula is C19H31Cl2N3O2. The van der Waals surface area contributed by atoms with Crippen LogP contribution in [0.1, 0.15) is 31.2 Å². The van der Waals surface area contributed by atoms with Crippen molar-refractivity contribution in [2.45, 2.75) is 32.2 Å². The van der Waals surface area contributed by atoms with E-state index in [1.54, 1.807) is 0 Å². The quantitative estimate of drug-likeness (QED) is 0.766. The molecule has 2 heterocycles. The summed E-state index contributed by atoms with van der Waals surface area (Å²) in [6, 6.07) is 8.35. The van der Waals surface area contributed by atoms with Gasteiger partial charge in [-0.05, 0) is 49.9 Å². The number of ether oxygens (including phenoxy) is 1. The number of morpholine rings is 1. The van der Waals surface area contributed by atoms with E-state index in [2.05, 4.69) is 33.7 Å². The van der Waals surface area contributed by atoms with E-state index in [1.165, 1.54) is 24.1 Å². The monoisotopic (exact) mass is 403 g/mol. The molecule has 1 aromatic carbocycles. The van der Waals surface area contributed by atoms with Gasteiger partial charge in [-0.2, -0.15) is 0 Å². The number of anilines is 1. The maximum atomic E-state index is 12.2. The molecule has 0 aromatic heterocycles.